The molecule has 2 N–H and O–H groups in total. The van der Waals surface area contributed by atoms with E-state index in [0.717, 1.165) is 6.54 Å². The summed E-state index contributed by atoms with van der Waals surface area (Å²) in [6, 6.07) is 0. The molecule has 0 bridgehead atoms. The van der Waals surface area contributed by atoms with Gasteiger partial charge in [-0.05, 0) is 22.8 Å². The van der Waals surface area contributed by atoms with Crippen molar-refractivity contribution in [1.82, 2.24) is 0 Å². The van der Waals surface area contributed by atoms with Crippen molar-refractivity contribution in [2.24, 2.45) is 22.0 Å². The van der Waals surface area contributed by atoms with Crippen LogP contribution in [0.3, 0.4) is 0 Å². The van der Waals surface area contributed by atoms with Gasteiger partial charge in [-0.2, -0.15) is 0 Å². The average molecular weight is 171 g/mol. The molecule has 0 aliphatic heterocycles. The Bertz CT molecular complexity index is 131. The highest BCUT2D eigenvalue weighted by atomic mass is 14.7. The summed E-state index contributed by atoms with van der Waals surface area (Å²) in [5.41, 5.74) is 6.60. The molecule has 74 valence electrons. The van der Waals surface area contributed by atoms with Crippen molar-refractivity contribution in [1.29, 1.82) is 0 Å². The molecule has 0 spiro atoms. The van der Waals surface area contributed by atoms with E-state index in [0.29, 0.717) is 0 Å². The fraction of sp³-hybridized carbons (Fsp3) is 1.00. The number of nitrogens with two attached hydrogens (primary N) is 1. The SMILES string of the molecule is CC(C)(C)C(C)(CN)C(C)(C)C. The van der Waals surface area contributed by atoms with E-state index in [2.05, 4.69) is 48.5 Å². The summed E-state index contributed by atoms with van der Waals surface area (Å²) in [7, 11) is 0. The van der Waals surface area contributed by atoms with E-state index in [1.807, 2.05) is 0 Å². The van der Waals surface area contributed by atoms with E-state index in [1.165, 1.54) is 0 Å². The maximum atomic E-state index is 5.88. The van der Waals surface area contributed by atoms with Crippen molar-refractivity contribution in [2.75, 3.05) is 6.54 Å². The van der Waals surface area contributed by atoms with Crippen LogP contribution in [0.1, 0.15) is 48.5 Å². The van der Waals surface area contributed by atoms with Crippen molar-refractivity contribution in [3.63, 3.8) is 0 Å². The lowest BCUT2D eigenvalue weighted by atomic mass is 9.55. The smallest absolute Gasteiger partial charge is 0.00131 e. The Balaban J connectivity index is 4.95. The highest BCUT2D eigenvalue weighted by molar-refractivity contribution is 4.95. The second-order valence-electron chi connectivity index (χ2n) is 6.04. The molecule has 0 aliphatic rings. The predicted molar refractivity (Wildman–Crippen MR) is 56.1 cm³/mol. The summed E-state index contributed by atoms with van der Waals surface area (Å²) in [6.45, 7) is 16.6. The molecule has 0 saturated carbocycles. The first-order chi connectivity index (χ1) is 5.06. The summed E-state index contributed by atoms with van der Waals surface area (Å²) < 4.78 is 0. The maximum Gasteiger partial charge on any atom is -0.00131 e. The van der Waals surface area contributed by atoms with Gasteiger partial charge in [-0.3, -0.25) is 0 Å². The largest absolute Gasteiger partial charge is 0.330 e. The molecule has 0 aromatic carbocycles. The molecule has 0 unspecified atom stereocenters. The number of hydrogen-bond donors (Lipinski definition) is 1. The molecule has 0 aromatic rings. The zero-order valence-electron chi connectivity index (χ0n) is 9.78. The Morgan fingerprint density at radius 1 is 0.750 bits per heavy atom. The minimum absolute atomic E-state index is 0.194. The summed E-state index contributed by atoms with van der Waals surface area (Å²) >= 11 is 0. The van der Waals surface area contributed by atoms with Gasteiger partial charge in [0.2, 0.25) is 0 Å². The highest BCUT2D eigenvalue weighted by Gasteiger charge is 2.45. The van der Waals surface area contributed by atoms with Gasteiger partial charge in [-0.15, -0.1) is 0 Å². The van der Waals surface area contributed by atoms with Crippen molar-refractivity contribution in [3.05, 3.63) is 0 Å². The molecule has 1 heteroatoms. The van der Waals surface area contributed by atoms with Gasteiger partial charge in [0, 0.05) is 0 Å². The van der Waals surface area contributed by atoms with Crippen LogP contribution in [0.4, 0.5) is 0 Å². The van der Waals surface area contributed by atoms with Crippen LogP contribution in [0.5, 0.6) is 0 Å². The minimum Gasteiger partial charge on any atom is -0.330 e. The molecule has 0 fully saturated rings. The normalized spacial score (nSPS) is 15.0. The topological polar surface area (TPSA) is 26.0 Å². The lowest BCUT2D eigenvalue weighted by molar-refractivity contribution is -0.00426. The second-order valence-corrected chi connectivity index (χ2v) is 6.04. The second kappa shape index (κ2) is 3.02. The fourth-order valence-electron chi connectivity index (χ4n) is 1.74. The maximum absolute atomic E-state index is 5.88. The molecular formula is C11H25N. The van der Waals surface area contributed by atoms with Gasteiger partial charge in [-0.25, -0.2) is 0 Å². The van der Waals surface area contributed by atoms with E-state index in [4.69, 9.17) is 5.73 Å². The van der Waals surface area contributed by atoms with Gasteiger partial charge in [0.25, 0.3) is 0 Å². The van der Waals surface area contributed by atoms with Crippen LogP contribution in [0.2, 0.25) is 0 Å². The third kappa shape index (κ3) is 1.82. The molecular weight excluding hydrogens is 146 g/mol. The predicted octanol–water partition coefficient (Wildman–Crippen LogP) is 3.04. The first-order valence-electron chi connectivity index (χ1n) is 4.76. The van der Waals surface area contributed by atoms with Gasteiger partial charge in [0.15, 0.2) is 0 Å². The van der Waals surface area contributed by atoms with Crippen molar-refractivity contribution in [3.8, 4) is 0 Å². The lowest BCUT2D eigenvalue weighted by Gasteiger charge is -2.51. The van der Waals surface area contributed by atoms with E-state index in [9.17, 15) is 0 Å². The quantitative estimate of drug-likeness (QED) is 0.645. The van der Waals surface area contributed by atoms with Crippen LogP contribution in [-0.4, -0.2) is 6.54 Å². The van der Waals surface area contributed by atoms with Crippen molar-refractivity contribution in [2.45, 2.75) is 48.5 Å². The number of hydrogen-bond acceptors (Lipinski definition) is 1. The molecule has 0 amide bonds. The molecule has 0 atom stereocenters. The van der Waals surface area contributed by atoms with Gasteiger partial charge >= 0.3 is 0 Å². The van der Waals surface area contributed by atoms with E-state index >= 15 is 0 Å². The molecule has 0 heterocycles. The zero-order valence-corrected chi connectivity index (χ0v) is 9.78. The highest BCUT2D eigenvalue weighted by Crippen LogP contribution is 2.50. The van der Waals surface area contributed by atoms with E-state index in [-0.39, 0.29) is 16.2 Å². The van der Waals surface area contributed by atoms with E-state index in [1.54, 1.807) is 0 Å². The van der Waals surface area contributed by atoms with Crippen LogP contribution in [0.25, 0.3) is 0 Å². The Labute approximate surface area is 77.7 Å². The Morgan fingerprint density at radius 2 is 1.00 bits per heavy atom. The minimum atomic E-state index is 0.194. The number of rotatable bonds is 1. The van der Waals surface area contributed by atoms with Crippen molar-refractivity contribution < 1.29 is 0 Å². The lowest BCUT2D eigenvalue weighted by Crippen LogP contribution is -2.49. The monoisotopic (exact) mass is 171 g/mol. The first kappa shape index (κ1) is 12.0. The molecule has 1 nitrogen and oxygen atoms in total. The third-order valence-corrected chi connectivity index (χ3v) is 3.72. The van der Waals surface area contributed by atoms with Crippen LogP contribution in [0, 0.1) is 16.2 Å². The van der Waals surface area contributed by atoms with Gasteiger partial charge in [0.05, 0.1) is 0 Å². The molecule has 0 aromatic heterocycles. The molecule has 0 saturated heterocycles. The van der Waals surface area contributed by atoms with Crippen LogP contribution in [0.15, 0.2) is 0 Å². The summed E-state index contributed by atoms with van der Waals surface area (Å²) in [4.78, 5) is 0. The van der Waals surface area contributed by atoms with Gasteiger partial charge < -0.3 is 5.73 Å². The van der Waals surface area contributed by atoms with Gasteiger partial charge in [0.1, 0.15) is 0 Å². The fourth-order valence-corrected chi connectivity index (χ4v) is 1.74. The molecule has 12 heavy (non-hydrogen) atoms. The van der Waals surface area contributed by atoms with Gasteiger partial charge in [-0.1, -0.05) is 48.5 Å². The van der Waals surface area contributed by atoms with Crippen LogP contribution in [-0.2, 0) is 0 Å². The molecule has 0 rings (SSSR count). The van der Waals surface area contributed by atoms with Crippen LogP contribution < -0.4 is 5.73 Å². The van der Waals surface area contributed by atoms with E-state index < -0.39 is 0 Å². The Morgan fingerprint density at radius 3 is 1.00 bits per heavy atom. The van der Waals surface area contributed by atoms with Crippen LogP contribution >= 0.6 is 0 Å². The first-order valence-corrected chi connectivity index (χ1v) is 4.76. The summed E-state index contributed by atoms with van der Waals surface area (Å²) in [5.74, 6) is 0. The third-order valence-electron chi connectivity index (χ3n) is 3.72. The molecule has 0 radical (unpaired) electrons. The van der Waals surface area contributed by atoms with Crippen molar-refractivity contribution >= 4 is 0 Å². The zero-order chi connectivity index (χ0) is 10.2. The summed E-state index contributed by atoms with van der Waals surface area (Å²) in [5, 5.41) is 0. The Hall–Kier alpha value is -0.0400. The summed E-state index contributed by atoms with van der Waals surface area (Å²) in [6.07, 6.45) is 0. The Kier molecular flexibility index (Phi) is 3.01. The standard InChI is InChI=1S/C11H25N/c1-9(2,3)11(7,8-12)10(4,5)6/h8,12H2,1-7H3. The average Bonchev–Trinajstić information content (AvgIpc) is 1.81. The molecule has 0 aliphatic carbocycles.